The van der Waals surface area contributed by atoms with E-state index in [9.17, 15) is 9.59 Å². The number of ether oxygens (including phenoxy) is 1. The largest absolute Gasteiger partial charge is 0.438 e. The molecule has 2 amide bonds. The number of aryl methyl sites for hydroxylation is 2. The second-order valence-corrected chi connectivity index (χ2v) is 8.96. The van der Waals surface area contributed by atoms with Crippen LogP contribution < -0.4 is 5.32 Å². The van der Waals surface area contributed by atoms with Crippen molar-refractivity contribution in [2.75, 3.05) is 13.1 Å². The third kappa shape index (κ3) is 6.04. The van der Waals surface area contributed by atoms with Crippen molar-refractivity contribution in [2.45, 2.75) is 44.8 Å². The minimum absolute atomic E-state index is 0.148. The zero-order chi connectivity index (χ0) is 23.8. The molecule has 1 aliphatic heterocycles. The molecule has 1 aliphatic rings. The van der Waals surface area contributed by atoms with Crippen molar-refractivity contribution in [3.05, 3.63) is 107 Å². The van der Waals surface area contributed by atoms with E-state index in [0.717, 1.165) is 23.1 Å². The van der Waals surface area contributed by atoms with Crippen LogP contribution in [0.3, 0.4) is 0 Å². The van der Waals surface area contributed by atoms with Crippen LogP contribution in [0, 0.1) is 6.92 Å². The lowest BCUT2D eigenvalue weighted by molar-refractivity contribution is -0.135. The quantitative estimate of drug-likeness (QED) is 0.520. The van der Waals surface area contributed by atoms with Gasteiger partial charge >= 0.3 is 6.09 Å². The predicted molar refractivity (Wildman–Crippen MR) is 133 cm³/mol. The molecule has 1 heterocycles. The number of hydrogen-bond acceptors (Lipinski definition) is 3. The van der Waals surface area contributed by atoms with E-state index in [4.69, 9.17) is 4.74 Å². The van der Waals surface area contributed by atoms with Gasteiger partial charge in [-0.1, -0.05) is 90.5 Å². The number of rotatable bonds is 7. The van der Waals surface area contributed by atoms with Gasteiger partial charge in [-0.05, 0) is 30.0 Å². The Bertz CT molecular complexity index is 1090. The molecule has 0 saturated carbocycles. The number of hydrogen-bond donors (Lipinski definition) is 1. The van der Waals surface area contributed by atoms with E-state index < -0.39 is 11.7 Å². The predicted octanol–water partition coefficient (Wildman–Crippen LogP) is 5.37. The molecule has 5 heteroatoms. The summed E-state index contributed by atoms with van der Waals surface area (Å²) in [5.41, 5.74) is 3.58. The first-order valence-electron chi connectivity index (χ1n) is 11.9. The van der Waals surface area contributed by atoms with Crippen LogP contribution in [0.15, 0.2) is 84.9 Å². The fraction of sp³-hybridized carbons (Fsp3) is 0.310. The van der Waals surface area contributed by atoms with E-state index in [1.54, 1.807) is 0 Å². The highest BCUT2D eigenvalue weighted by atomic mass is 16.6. The van der Waals surface area contributed by atoms with Crippen LogP contribution in [0.1, 0.15) is 41.5 Å². The fourth-order valence-corrected chi connectivity index (χ4v) is 4.57. The van der Waals surface area contributed by atoms with E-state index in [-0.39, 0.29) is 5.91 Å². The van der Waals surface area contributed by atoms with E-state index in [0.29, 0.717) is 38.9 Å². The minimum atomic E-state index is -0.742. The van der Waals surface area contributed by atoms with Crippen molar-refractivity contribution in [1.29, 1.82) is 0 Å². The molecule has 34 heavy (non-hydrogen) atoms. The summed E-state index contributed by atoms with van der Waals surface area (Å²) in [6.07, 6.45) is 1.94. The number of nitrogens with one attached hydrogen (secondary N) is 1. The third-order valence-electron chi connectivity index (χ3n) is 6.50. The maximum atomic E-state index is 12.8. The van der Waals surface area contributed by atoms with Gasteiger partial charge in [0.2, 0.25) is 5.91 Å². The first-order valence-corrected chi connectivity index (χ1v) is 11.9. The Hall–Kier alpha value is -3.60. The van der Waals surface area contributed by atoms with Crippen LogP contribution >= 0.6 is 0 Å². The molecule has 0 aliphatic carbocycles. The number of piperidine rings is 1. The van der Waals surface area contributed by atoms with Crippen molar-refractivity contribution in [1.82, 2.24) is 10.2 Å². The third-order valence-corrected chi connectivity index (χ3v) is 6.50. The Morgan fingerprint density at radius 2 is 1.53 bits per heavy atom. The van der Waals surface area contributed by atoms with Crippen molar-refractivity contribution in [3.8, 4) is 0 Å². The first-order chi connectivity index (χ1) is 16.5. The summed E-state index contributed by atoms with van der Waals surface area (Å²) in [5.74, 6) is 0.148. The average Bonchev–Trinajstić information content (AvgIpc) is 2.88. The van der Waals surface area contributed by atoms with Crippen LogP contribution in [-0.4, -0.2) is 30.0 Å². The summed E-state index contributed by atoms with van der Waals surface area (Å²) in [7, 11) is 0. The van der Waals surface area contributed by atoms with Gasteiger partial charge in [-0.3, -0.25) is 4.79 Å². The molecule has 3 aromatic carbocycles. The Morgan fingerprint density at radius 1 is 0.882 bits per heavy atom. The number of alkyl carbamates (subject to hydrolysis) is 1. The van der Waals surface area contributed by atoms with Gasteiger partial charge in [-0.15, -0.1) is 0 Å². The lowest BCUT2D eigenvalue weighted by Crippen LogP contribution is -2.48. The molecule has 0 unspecified atom stereocenters. The Labute approximate surface area is 201 Å². The van der Waals surface area contributed by atoms with Crippen molar-refractivity contribution >= 4 is 12.0 Å². The monoisotopic (exact) mass is 456 g/mol. The summed E-state index contributed by atoms with van der Waals surface area (Å²) >= 11 is 0. The highest BCUT2D eigenvalue weighted by Crippen LogP contribution is 2.37. The molecule has 4 rings (SSSR count). The second-order valence-electron chi connectivity index (χ2n) is 8.96. The molecule has 1 N–H and O–H groups in total. The number of likely N-dealkylation sites (tertiary alicyclic amines) is 1. The second kappa shape index (κ2) is 11.0. The van der Waals surface area contributed by atoms with E-state index in [1.165, 1.54) is 5.56 Å². The van der Waals surface area contributed by atoms with Gasteiger partial charge in [0.25, 0.3) is 0 Å². The average molecular weight is 457 g/mol. The van der Waals surface area contributed by atoms with Crippen LogP contribution in [0.25, 0.3) is 0 Å². The zero-order valence-corrected chi connectivity index (χ0v) is 19.7. The standard InChI is InChI=1S/C29H32N2O3/c1-23-9-8-12-25(21-23)22-30-28(33)34-29(26-13-6-3-7-14-26)17-19-31(20-18-29)27(32)16-15-24-10-4-2-5-11-24/h2-14,21H,15-20,22H2,1H3,(H,30,33). The first kappa shape index (κ1) is 23.6. The minimum Gasteiger partial charge on any atom is -0.438 e. The lowest BCUT2D eigenvalue weighted by Gasteiger charge is -2.41. The molecule has 0 radical (unpaired) electrons. The zero-order valence-electron chi connectivity index (χ0n) is 19.7. The van der Waals surface area contributed by atoms with Crippen LogP contribution in [-0.2, 0) is 28.1 Å². The maximum absolute atomic E-state index is 12.8. The highest BCUT2D eigenvalue weighted by molar-refractivity contribution is 5.76. The normalized spacial score (nSPS) is 14.9. The summed E-state index contributed by atoms with van der Waals surface area (Å²) in [5, 5.41) is 2.90. The van der Waals surface area contributed by atoms with Gasteiger partial charge in [0.1, 0.15) is 5.60 Å². The van der Waals surface area contributed by atoms with Crippen molar-refractivity contribution in [3.63, 3.8) is 0 Å². The SMILES string of the molecule is Cc1cccc(CNC(=O)OC2(c3ccccc3)CCN(C(=O)CCc3ccccc3)CC2)c1. The summed E-state index contributed by atoms with van der Waals surface area (Å²) in [4.78, 5) is 27.5. The van der Waals surface area contributed by atoms with E-state index in [2.05, 4.69) is 5.32 Å². The molecule has 0 bridgehead atoms. The molecule has 0 aromatic heterocycles. The molecule has 0 spiro atoms. The maximum Gasteiger partial charge on any atom is 0.408 e. The highest BCUT2D eigenvalue weighted by Gasteiger charge is 2.40. The summed E-state index contributed by atoms with van der Waals surface area (Å²) in [6, 6.07) is 28.0. The fourth-order valence-electron chi connectivity index (χ4n) is 4.57. The Balaban J connectivity index is 1.38. The van der Waals surface area contributed by atoms with Gasteiger partial charge in [0, 0.05) is 38.9 Å². The lowest BCUT2D eigenvalue weighted by atomic mass is 9.84. The summed E-state index contributed by atoms with van der Waals surface area (Å²) in [6.45, 7) is 3.57. The van der Waals surface area contributed by atoms with Gasteiger partial charge in [0.15, 0.2) is 0 Å². The van der Waals surface area contributed by atoms with E-state index >= 15 is 0 Å². The van der Waals surface area contributed by atoms with Crippen molar-refractivity contribution < 1.29 is 14.3 Å². The Morgan fingerprint density at radius 3 is 2.21 bits per heavy atom. The smallest absolute Gasteiger partial charge is 0.408 e. The van der Waals surface area contributed by atoms with Gasteiger partial charge < -0.3 is 15.0 Å². The van der Waals surface area contributed by atoms with Gasteiger partial charge in [0.05, 0.1) is 0 Å². The summed E-state index contributed by atoms with van der Waals surface area (Å²) < 4.78 is 6.09. The molecule has 176 valence electrons. The van der Waals surface area contributed by atoms with Gasteiger partial charge in [-0.2, -0.15) is 0 Å². The van der Waals surface area contributed by atoms with Gasteiger partial charge in [-0.25, -0.2) is 4.79 Å². The number of carbonyl (C=O) groups is 2. The topological polar surface area (TPSA) is 58.6 Å². The van der Waals surface area contributed by atoms with Crippen LogP contribution in [0.4, 0.5) is 4.79 Å². The molecule has 3 aromatic rings. The molecule has 1 saturated heterocycles. The van der Waals surface area contributed by atoms with Crippen molar-refractivity contribution in [2.24, 2.45) is 0 Å². The number of carbonyl (C=O) groups excluding carboxylic acids is 2. The Kier molecular flexibility index (Phi) is 7.63. The van der Waals surface area contributed by atoms with Crippen LogP contribution in [0.5, 0.6) is 0 Å². The molecule has 1 fully saturated rings. The molecule has 5 nitrogen and oxygen atoms in total. The molecular formula is C29H32N2O3. The number of nitrogens with zero attached hydrogens (tertiary/aromatic N) is 1. The molecular weight excluding hydrogens is 424 g/mol. The number of amides is 2. The van der Waals surface area contributed by atoms with E-state index in [1.807, 2.05) is 96.8 Å². The molecule has 0 atom stereocenters. The van der Waals surface area contributed by atoms with Crippen LogP contribution in [0.2, 0.25) is 0 Å². The number of benzene rings is 3.